The number of rotatable bonds is 5. The van der Waals surface area contributed by atoms with E-state index in [1.54, 1.807) is 6.07 Å². The van der Waals surface area contributed by atoms with Gasteiger partial charge in [0.05, 0.1) is 5.52 Å². The van der Waals surface area contributed by atoms with Crippen LogP contribution in [0.15, 0.2) is 22.7 Å². The highest BCUT2D eigenvalue weighted by Crippen LogP contribution is 2.24. The first-order valence-corrected chi connectivity index (χ1v) is 7.20. The van der Waals surface area contributed by atoms with E-state index in [0.29, 0.717) is 28.3 Å². The molecule has 0 spiro atoms. The van der Waals surface area contributed by atoms with Crippen molar-refractivity contribution >= 4 is 38.7 Å². The smallest absolute Gasteiger partial charge is 0.323 e. The van der Waals surface area contributed by atoms with Crippen molar-refractivity contribution in [2.24, 2.45) is 0 Å². The summed E-state index contributed by atoms with van der Waals surface area (Å²) in [6, 6.07) is 4.38. The Kier molecular flexibility index (Phi) is 4.62. The van der Waals surface area contributed by atoms with Gasteiger partial charge in [0.2, 0.25) is 0 Å². The number of carboxylic acid groups (broad SMARTS) is 1. The third-order valence-electron chi connectivity index (χ3n) is 2.99. The Balaban J connectivity index is 2.37. The Morgan fingerprint density at radius 2 is 2.10 bits per heavy atom. The van der Waals surface area contributed by atoms with E-state index in [4.69, 9.17) is 5.11 Å². The van der Waals surface area contributed by atoms with Crippen molar-refractivity contribution < 1.29 is 19.1 Å². The molecule has 2 N–H and O–H groups in total. The maximum atomic E-state index is 13.8. The number of aromatic amines is 1. The molecule has 5 nitrogen and oxygen atoms in total. The highest BCUT2D eigenvalue weighted by molar-refractivity contribution is 9.10. The average Bonchev–Trinajstić information content (AvgIpc) is 2.81. The molecule has 1 aromatic carbocycles. The minimum atomic E-state index is -1.08. The number of nitrogens with zero attached hydrogens (tertiary/aromatic N) is 1. The lowest BCUT2D eigenvalue weighted by molar-refractivity contribution is -0.137. The summed E-state index contributed by atoms with van der Waals surface area (Å²) in [5.41, 5.74) is 0.661. The Labute approximate surface area is 128 Å². The predicted molar refractivity (Wildman–Crippen MR) is 79.8 cm³/mol. The van der Waals surface area contributed by atoms with Crippen molar-refractivity contribution in [3.8, 4) is 0 Å². The molecule has 2 aromatic rings. The van der Waals surface area contributed by atoms with E-state index in [1.807, 2.05) is 6.92 Å². The second-order valence-electron chi connectivity index (χ2n) is 4.65. The zero-order valence-electron chi connectivity index (χ0n) is 11.3. The molecule has 7 heteroatoms. The van der Waals surface area contributed by atoms with Gasteiger partial charge in [0.15, 0.2) is 0 Å². The van der Waals surface area contributed by atoms with Crippen LogP contribution in [0, 0.1) is 5.82 Å². The molecular formula is C14H14BrFN2O3. The zero-order valence-corrected chi connectivity index (χ0v) is 12.9. The fourth-order valence-electron chi connectivity index (χ4n) is 2.13. The van der Waals surface area contributed by atoms with Crippen LogP contribution in [-0.4, -0.2) is 40.0 Å². The Morgan fingerprint density at radius 1 is 1.38 bits per heavy atom. The third kappa shape index (κ3) is 3.41. The molecule has 0 saturated heterocycles. The second-order valence-corrected chi connectivity index (χ2v) is 5.57. The SMILES string of the molecule is CCCN(CC(=O)O)C(=O)c1cc2c(F)cc(Br)cc2[nH]1. The number of carbonyl (C=O) groups is 2. The average molecular weight is 357 g/mol. The molecule has 0 unspecified atom stereocenters. The lowest BCUT2D eigenvalue weighted by atomic mass is 10.2. The predicted octanol–water partition coefficient (Wildman–Crippen LogP) is 3.01. The van der Waals surface area contributed by atoms with E-state index in [9.17, 15) is 14.0 Å². The molecule has 21 heavy (non-hydrogen) atoms. The molecule has 0 bridgehead atoms. The standard InChI is InChI=1S/C14H14BrFN2O3/c1-2-3-18(7-13(19)20)14(21)12-6-9-10(16)4-8(15)5-11(9)17-12/h4-6,17H,2-3,7H2,1H3,(H,19,20). The lowest BCUT2D eigenvalue weighted by Crippen LogP contribution is -2.36. The van der Waals surface area contributed by atoms with Crippen molar-refractivity contribution in [3.63, 3.8) is 0 Å². The number of amides is 1. The van der Waals surface area contributed by atoms with E-state index < -0.39 is 17.7 Å². The Morgan fingerprint density at radius 3 is 2.71 bits per heavy atom. The van der Waals surface area contributed by atoms with Gasteiger partial charge in [-0.2, -0.15) is 0 Å². The highest BCUT2D eigenvalue weighted by atomic mass is 79.9. The quantitative estimate of drug-likeness (QED) is 0.864. The van der Waals surface area contributed by atoms with Crippen LogP contribution in [0.5, 0.6) is 0 Å². The van der Waals surface area contributed by atoms with Gasteiger partial charge in [-0.3, -0.25) is 9.59 Å². The molecule has 0 fully saturated rings. The first-order valence-electron chi connectivity index (χ1n) is 6.41. The molecule has 1 aromatic heterocycles. The van der Waals surface area contributed by atoms with Crippen LogP contribution in [-0.2, 0) is 4.79 Å². The fraction of sp³-hybridized carbons (Fsp3) is 0.286. The van der Waals surface area contributed by atoms with Gasteiger partial charge in [0.25, 0.3) is 5.91 Å². The molecule has 0 aliphatic rings. The maximum absolute atomic E-state index is 13.8. The maximum Gasteiger partial charge on any atom is 0.323 e. The largest absolute Gasteiger partial charge is 0.480 e. The number of hydrogen-bond donors (Lipinski definition) is 2. The topological polar surface area (TPSA) is 73.4 Å². The van der Waals surface area contributed by atoms with Gasteiger partial charge in [-0.1, -0.05) is 22.9 Å². The van der Waals surface area contributed by atoms with Crippen LogP contribution in [0.25, 0.3) is 10.9 Å². The number of benzene rings is 1. The minimum Gasteiger partial charge on any atom is -0.480 e. The zero-order chi connectivity index (χ0) is 15.6. The van der Waals surface area contributed by atoms with Gasteiger partial charge < -0.3 is 15.0 Å². The molecule has 0 radical (unpaired) electrons. The molecule has 2 rings (SSSR count). The second kappa shape index (κ2) is 6.26. The minimum absolute atomic E-state index is 0.178. The number of hydrogen-bond acceptors (Lipinski definition) is 2. The van der Waals surface area contributed by atoms with E-state index in [1.165, 1.54) is 17.0 Å². The van der Waals surface area contributed by atoms with Crippen molar-refractivity contribution in [2.75, 3.05) is 13.1 Å². The monoisotopic (exact) mass is 356 g/mol. The van der Waals surface area contributed by atoms with Crippen molar-refractivity contribution in [2.45, 2.75) is 13.3 Å². The number of aromatic nitrogens is 1. The molecule has 0 atom stereocenters. The number of nitrogens with one attached hydrogen (secondary N) is 1. The summed E-state index contributed by atoms with van der Waals surface area (Å²) in [6.45, 7) is 1.80. The summed E-state index contributed by atoms with van der Waals surface area (Å²) in [4.78, 5) is 27.2. The van der Waals surface area contributed by atoms with E-state index >= 15 is 0 Å². The van der Waals surface area contributed by atoms with E-state index in [2.05, 4.69) is 20.9 Å². The van der Waals surface area contributed by atoms with Crippen LogP contribution in [0.1, 0.15) is 23.8 Å². The number of fused-ring (bicyclic) bond motifs is 1. The van der Waals surface area contributed by atoms with Gasteiger partial charge in [-0.05, 0) is 24.6 Å². The van der Waals surface area contributed by atoms with Crippen molar-refractivity contribution in [3.05, 3.63) is 34.2 Å². The molecule has 0 saturated carbocycles. The van der Waals surface area contributed by atoms with Crippen LogP contribution in [0.4, 0.5) is 4.39 Å². The number of aliphatic carboxylic acids is 1. The van der Waals surface area contributed by atoms with Crippen LogP contribution < -0.4 is 0 Å². The highest BCUT2D eigenvalue weighted by Gasteiger charge is 2.20. The number of H-pyrrole nitrogens is 1. The summed E-state index contributed by atoms with van der Waals surface area (Å²) in [5.74, 6) is -1.98. The lowest BCUT2D eigenvalue weighted by Gasteiger charge is -2.18. The van der Waals surface area contributed by atoms with Crippen LogP contribution in [0.3, 0.4) is 0 Å². The molecule has 0 aliphatic carbocycles. The molecule has 0 aliphatic heterocycles. The third-order valence-corrected chi connectivity index (χ3v) is 3.45. The van der Waals surface area contributed by atoms with Crippen LogP contribution in [0.2, 0.25) is 0 Å². The summed E-state index contributed by atoms with van der Waals surface area (Å²) in [5, 5.41) is 9.16. The molecular weight excluding hydrogens is 343 g/mol. The number of carboxylic acids is 1. The van der Waals surface area contributed by atoms with Gasteiger partial charge in [-0.15, -0.1) is 0 Å². The first kappa shape index (κ1) is 15.5. The van der Waals surface area contributed by atoms with Crippen molar-refractivity contribution in [1.29, 1.82) is 0 Å². The van der Waals surface area contributed by atoms with E-state index in [-0.39, 0.29) is 12.2 Å². The Bertz CT molecular complexity index is 699. The normalized spacial score (nSPS) is 10.8. The van der Waals surface area contributed by atoms with Crippen LogP contribution >= 0.6 is 15.9 Å². The van der Waals surface area contributed by atoms with E-state index in [0.717, 1.165) is 0 Å². The van der Waals surface area contributed by atoms with Gasteiger partial charge in [0.1, 0.15) is 18.1 Å². The Hall–Kier alpha value is -1.89. The number of halogens is 2. The molecule has 1 heterocycles. The van der Waals surface area contributed by atoms with Crippen molar-refractivity contribution in [1.82, 2.24) is 9.88 Å². The molecule has 1 amide bonds. The summed E-state index contributed by atoms with van der Waals surface area (Å²) in [7, 11) is 0. The van der Waals surface area contributed by atoms with Gasteiger partial charge in [-0.25, -0.2) is 4.39 Å². The fourth-order valence-corrected chi connectivity index (χ4v) is 2.56. The summed E-state index contributed by atoms with van der Waals surface area (Å²) < 4.78 is 14.4. The molecule has 112 valence electrons. The summed E-state index contributed by atoms with van der Waals surface area (Å²) in [6.07, 6.45) is 0.638. The number of carbonyl (C=O) groups excluding carboxylic acids is 1. The summed E-state index contributed by atoms with van der Waals surface area (Å²) >= 11 is 3.18. The van der Waals surface area contributed by atoms with Gasteiger partial charge in [0, 0.05) is 16.4 Å². The first-order chi connectivity index (χ1) is 9.92. The van der Waals surface area contributed by atoms with Gasteiger partial charge >= 0.3 is 5.97 Å².